The molecule has 0 bridgehead atoms. The van der Waals surface area contributed by atoms with Gasteiger partial charge in [-0.15, -0.1) is 0 Å². The van der Waals surface area contributed by atoms with Crippen molar-refractivity contribution in [2.45, 2.75) is 51.6 Å². The van der Waals surface area contributed by atoms with E-state index >= 15 is 0 Å². The molecule has 1 aliphatic heterocycles. The Morgan fingerprint density at radius 2 is 1.63 bits per heavy atom. The van der Waals surface area contributed by atoms with E-state index in [0.29, 0.717) is 5.41 Å². The van der Waals surface area contributed by atoms with E-state index in [0.717, 1.165) is 13.0 Å². The first-order valence-corrected chi connectivity index (χ1v) is 7.50. The lowest BCUT2D eigenvalue weighted by atomic mass is 9.69. The summed E-state index contributed by atoms with van der Waals surface area (Å²) in [6.07, 6.45) is 8.38. The maximum atomic E-state index is 6.18. The summed E-state index contributed by atoms with van der Waals surface area (Å²) in [6, 6.07) is 10.8. The van der Waals surface area contributed by atoms with Gasteiger partial charge in [0.2, 0.25) is 0 Å². The molecule has 0 radical (unpaired) electrons. The van der Waals surface area contributed by atoms with E-state index in [2.05, 4.69) is 50.3 Å². The predicted octanol–water partition coefficient (Wildman–Crippen LogP) is 4.83. The Labute approximate surface area is 116 Å². The fourth-order valence-corrected chi connectivity index (χ4v) is 3.31. The summed E-state index contributed by atoms with van der Waals surface area (Å²) in [6.45, 7) is 5.64. The first-order chi connectivity index (χ1) is 9.09. The van der Waals surface area contributed by atoms with Crippen LogP contribution in [0.15, 0.2) is 36.4 Å². The molecular weight excluding hydrogens is 232 g/mol. The molecule has 1 aliphatic carbocycles. The molecule has 1 aromatic carbocycles. The van der Waals surface area contributed by atoms with Crippen LogP contribution in [-0.4, -0.2) is 12.2 Å². The highest BCUT2D eigenvalue weighted by Crippen LogP contribution is 2.45. The normalized spacial score (nSPS) is 25.1. The van der Waals surface area contributed by atoms with Gasteiger partial charge in [0.05, 0.1) is 12.2 Å². The van der Waals surface area contributed by atoms with Gasteiger partial charge in [-0.3, -0.25) is 0 Å². The van der Waals surface area contributed by atoms with E-state index in [1.54, 1.807) is 0 Å². The molecule has 1 heterocycles. The van der Waals surface area contributed by atoms with Crippen LogP contribution in [0.2, 0.25) is 0 Å². The molecule has 0 unspecified atom stereocenters. The summed E-state index contributed by atoms with van der Waals surface area (Å²) < 4.78 is 6.18. The molecule has 1 heteroatoms. The second kappa shape index (κ2) is 4.79. The van der Waals surface area contributed by atoms with Crippen molar-refractivity contribution in [3.63, 3.8) is 0 Å². The summed E-state index contributed by atoms with van der Waals surface area (Å²) in [5, 5.41) is 0. The van der Waals surface area contributed by atoms with Crippen LogP contribution in [0.1, 0.15) is 51.5 Å². The monoisotopic (exact) mass is 256 g/mol. The minimum absolute atomic E-state index is 0.0267. The SMILES string of the molecule is CC1(C)CCC2(C=C(c3ccccc3)CCO2)CC1. The van der Waals surface area contributed by atoms with E-state index in [-0.39, 0.29) is 5.60 Å². The molecule has 0 amide bonds. The first kappa shape index (κ1) is 12.9. The predicted molar refractivity (Wildman–Crippen MR) is 80.0 cm³/mol. The van der Waals surface area contributed by atoms with Crippen LogP contribution >= 0.6 is 0 Å². The Morgan fingerprint density at radius 1 is 0.947 bits per heavy atom. The largest absolute Gasteiger partial charge is 0.371 e. The van der Waals surface area contributed by atoms with Crippen molar-refractivity contribution >= 4 is 5.57 Å². The van der Waals surface area contributed by atoms with Gasteiger partial charge in [0.1, 0.15) is 0 Å². The molecule has 2 aliphatic rings. The maximum absolute atomic E-state index is 6.18. The van der Waals surface area contributed by atoms with Crippen molar-refractivity contribution in [1.82, 2.24) is 0 Å². The van der Waals surface area contributed by atoms with Gasteiger partial charge in [-0.25, -0.2) is 0 Å². The zero-order valence-electron chi connectivity index (χ0n) is 12.1. The van der Waals surface area contributed by atoms with Crippen molar-refractivity contribution < 1.29 is 4.74 Å². The molecule has 0 aromatic heterocycles. The van der Waals surface area contributed by atoms with Crippen LogP contribution in [0.25, 0.3) is 5.57 Å². The molecule has 0 atom stereocenters. The molecule has 19 heavy (non-hydrogen) atoms. The van der Waals surface area contributed by atoms with E-state index in [1.807, 2.05) is 0 Å². The van der Waals surface area contributed by atoms with E-state index in [9.17, 15) is 0 Å². The Kier molecular flexibility index (Phi) is 3.26. The third-order valence-corrected chi connectivity index (χ3v) is 4.79. The number of hydrogen-bond acceptors (Lipinski definition) is 1. The van der Waals surface area contributed by atoms with Gasteiger partial charge in [-0.1, -0.05) is 44.2 Å². The molecular formula is C18H24O. The van der Waals surface area contributed by atoms with Gasteiger partial charge < -0.3 is 4.74 Å². The summed E-state index contributed by atoms with van der Waals surface area (Å²) in [7, 11) is 0. The second-order valence-corrected chi connectivity index (χ2v) is 6.86. The van der Waals surface area contributed by atoms with Crippen molar-refractivity contribution in [1.29, 1.82) is 0 Å². The lowest BCUT2D eigenvalue weighted by Crippen LogP contribution is -2.40. The molecule has 1 spiro atoms. The number of benzene rings is 1. The molecule has 1 saturated carbocycles. The quantitative estimate of drug-likeness (QED) is 0.699. The maximum Gasteiger partial charge on any atom is 0.0868 e. The summed E-state index contributed by atoms with van der Waals surface area (Å²) in [4.78, 5) is 0. The number of rotatable bonds is 1. The minimum atomic E-state index is 0.0267. The zero-order chi connectivity index (χ0) is 13.3. The van der Waals surface area contributed by atoms with Crippen LogP contribution in [0, 0.1) is 5.41 Å². The Hall–Kier alpha value is -1.08. The van der Waals surface area contributed by atoms with Gasteiger partial charge in [0, 0.05) is 0 Å². The van der Waals surface area contributed by atoms with Crippen LogP contribution in [0.3, 0.4) is 0 Å². The van der Waals surface area contributed by atoms with Gasteiger partial charge in [0.15, 0.2) is 0 Å². The summed E-state index contributed by atoms with van der Waals surface area (Å²) >= 11 is 0. The number of ether oxygens (including phenoxy) is 1. The molecule has 1 nitrogen and oxygen atoms in total. The van der Waals surface area contributed by atoms with E-state index < -0.39 is 0 Å². The van der Waals surface area contributed by atoms with Crippen LogP contribution in [0.5, 0.6) is 0 Å². The van der Waals surface area contributed by atoms with Crippen LogP contribution in [-0.2, 0) is 4.74 Å². The molecule has 102 valence electrons. The van der Waals surface area contributed by atoms with Gasteiger partial charge in [0.25, 0.3) is 0 Å². The zero-order valence-corrected chi connectivity index (χ0v) is 12.1. The highest BCUT2D eigenvalue weighted by Gasteiger charge is 2.39. The third kappa shape index (κ3) is 2.76. The summed E-state index contributed by atoms with van der Waals surface area (Å²) in [5.41, 5.74) is 3.37. The van der Waals surface area contributed by atoms with Crippen molar-refractivity contribution in [2.75, 3.05) is 6.61 Å². The smallest absolute Gasteiger partial charge is 0.0868 e. The highest BCUT2D eigenvalue weighted by molar-refractivity contribution is 5.67. The van der Waals surface area contributed by atoms with Crippen molar-refractivity contribution in [2.24, 2.45) is 5.41 Å². The lowest BCUT2D eigenvalue weighted by Gasteiger charge is -2.44. The topological polar surface area (TPSA) is 9.23 Å². The highest BCUT2D eigenvalue weighted by atomic mass is 16.5. The average molecular weight is 256 g/mol. The molecule has 1 aromatic rings. The second-order valence-electron chi connectivity index (χ2n) is 6.86. The fourth-order valence-electron chi connectivity index (χ4n) is 3.31. The van der Waals surface area contributed by atoms with Gasteiger partial charge >= 0.3 is 0 Å². The summed E-state index contributed by atoms with van der Waals surface area (Å²) in [5.74, 6) is 0. The average Bonchev–Trinajstić information content (AvgIpc) is 2.44. The van der Waals surface area contributed by atoms with Gasteiger partial charge in [-0.05, 0) is 54.7 Å². The van der Waals surface area contributed by atoms with Crippen LogP contribution < -0.4 is 0 Å². The van der Waals surface area contributed by atoms with E-state index in [1.165, 1.54) is 36.8 Å². The first-order valence-electron chi connectivity index (χ1n) is 7.50. The Bertz CT molecular complexity index is 460. The van der Waals surface area contributed by atoms with Crippen molar-refractivity contribution in [3.8, 4) is 0 Å². The van der Waals surface area contributed by atoms with Crippen molar-refractivity contribution in [3.05, 3.63) is 42.0 Å². The lowest BCUT2D eigenvalue weighted by molar-refractivity contribution is -0.0564. The fraction of sp³-hybridized carbons (Fsp3) is 0.556. The standard InChI is InChI=1S/C18H24O/c1-17(2)9-11-18(12-10-17)14-16(8-13-19-18)15-6-4-3-5-7-15/h3-7,14H,8-13H2,1-2H3. The Balaban J connectivity index is 1.84. The van der Waals surface area contributed by atoms with Crippen LogP contribution in [0.4, 0.5) is 0 Å². The number of hydrogen-bond donors (Lipinski definition) is 0. The van der Waals surface area contributed by atoms with E-state index in [4.69, 9.17) is 4.74 Å². The Morgan fingerprint density at radius 3 is 2.32 bits per heavy atom. The molecule has 0 N–H and O–H groups in total. The minimum Gasteiger partial charge on any atom is -0.371 e. The van der Waals surface area contributed by atoms with Gasteiger partial charge in [-0.2, -0.15) is 0 Å². The molecule has 3 rings (SSSR count). The molecule has 0 saturated heterocycles. The molecule has 1 fully saturated rings. The third-order valence-electron chi connectivity index (χ3n) is 4.79.